The molecule has 14 heavy (non-hydrogen) atoms. The van der Waals surface area contributed by atoms with Crippen LogP contribution in [0.4, 0.5) is 0 Å². The third-order valence-corrected chi connectivity index (χ3v) is 2.78. The van der Waals surface area contributed by atoms with Gasteiger partial charge in [-0.05, 0) is 6.16 Å². The maximum atomic E-state index is 10.9. The predicted octanol–water partition coefficient (Wildman–Crippen LogP) is 1.34. The van der Waals surface area contributed by atoms with Crippen LogP contribution in [0.15, 0.2) is 0 Å². The normalized spacial score (nSPS) is 10.4. The fourth-order valence-corrected chi connectivity index (χ4v) is 1.44. The molecule has 82 valence electrons. The molecule has 2 unspecified atom stereocenters. The minimum absolute atomic E-state index is 0.154. The summed E-state index contributed by atoms with van der Waals surface area (Å²) in [5, 5.41) is 0. The van der Waals surface area contributed by atoms with Gasteiger partial charge in [0.25, 0.3) is 0 Å². The molecule has 0 aromatic rings. The molecule has 2 atom stereocenters. The smallest absolute Gasteiger partial charge is 0.306 e. The summed E-state index contributed by atoms with van der Waals surface area (Å²) < 4.78 is 9.55. The van der Waals surface area contributed by atoms with Gasteiger partial charge in [-0.2, -0.15) is 0 Å². The van der Waals surface area contributed by atoms with Crippen LogP contribution < -0.4 is 0 Å². The first kappa shape index (κ1) is 13.8. The zero-order valence-corrected chi connectivity index (χ0v) is 10.4. The number of hydrogen-bond donors (Lipinski definition) is 0. The predicted molar refractivity (Wildman–Crippen MR) is 59.7 cm³/mol. The monoisotopic (exact) mass is 238 g/mol. The standard InChI is InChI=1S/C8H16O4P2/c1-2-7(9)11-4-5-12-8(10)3-6-14-13/h14H,2-6,13H2,1H3. The molecule has 0 spiro atoms. The molecule has 0 fully saturated rings. The van der Waals surface area contributed by atoms with Crippen molar-refractivity contribution in [2.24, 2.45) is 0 Å². The van der Waals surface area contributed by atoms with Crippen LogP contribution in [-0.4, -0.2) is 31.3 Å². The molecule has 0 rings (SSSR count). The van der Waals surface area contributed by atoms with E-state index in [1.54, 1.807) is 6.92 Å². The fraction of sp³-hybridized carbons (Fsp3) is 0.750. The summed E-state index contributed by atoms with van der Waals surface area (Å²) in [5.41, 5.74) is 0. The van der Waals surface area contributed by atoms with Gasteiger partial charge in [0.05, 0.1) is 0 Å². The van der Waals surface area contributed by atoms with Gasteiger partial charge in [0.1, 0.15) is 13.2 Å². The van der Waals surface area contributed by atoms with Gasteiger partial charge in [0, 0.05) is 12.8 Å². The molecule has 0 aliphatic heterocycles. The van der Waals surface area contributed by atoms with Gasteiger partial charge >= 0.3 is 11.9 Å². The summed E-state index contributed by atoms with van der Waals surface area (Å²) in [6, 6.07) is 0. The van der Waals surface area contributed by atoms with Crippen LogP contribution in [0.3, 0.4) is 0 Å². The van der Waals surface area contributed by atoms with Crippen molar-refractivity contribution in [3.05, 3.63) is 0 Å². The average Bonchev–Trinajstić information content (AvgIpc) is 2.21. The van der Waals surface area contributed by atoms with Crippen LogP contribution in [0.25, 0.3) is 0 Å². The molecule has 0 bridgehead atoms. The van der Waals surface area contributed by atoms with Crippen LogP contribution in [0, 0.1) is 0 Å². The van der Waals surface area contributed by atoms with E-state index in [0.717, 1.165) is 6.16 Å². The van der Waals surface area contributed by atoms with Crippen molar-refractivity contribution in [2.75, 3.05) is 19.4 Å². The van der Waals surface area contributed by atoms with Gasteiger partial charge in [-0.1, -0.05) is 6.92 Å². The van der Waals surface area contributed by atoms with Gasteiger partial charge < -0.3 is 9.47 Å². The second-order valence-corrected chi connectivity index (χ2v) is 4.63. The van der Waals surface area contributed by atoms with E-state index >= 15 is 0 Å². The van der Waals surface area contributed by atoms with Gasteiger partial charge in [0.15, 0.2) is 0 Å². The van der Waals surface area contributed by atoms with Crippen molar-refractivity contribution in [3.63, 3.8) is 0 Å². The molecule has 0 amide bonds. The Kier molecular flexibility index (Phi) is 9.23. The summed E-state index contributed by atoms with van der Waals surface area (Å²) >= 11 is 0. The maximum absolute atomic E-state index is 10.9. The molecule has 0 aromatic heterocycles. The number of carbonyl (C=O) groups excluding carboxylic acids is 2. The number of ether oxygens (including phenoxy) is 2. The molecule has 0 aliphatic rings. The third-order valence-electron chi connectivity index (χ3n) is 1.37. The highest BCUT2D eigenvalue weighted by molar-refractivity contribution is 8.02. The van der Waals surface area contributed by atoms with Gasteiger partial charge in [-0.15, -0.1) is 17.2 Å². The molecule has 0 radical (unpaired) electrons. The molecule has 4 nitrogen and oxygen atoms in total. The first-order valence-corrected chi connectivity index (χ1v) is 7.47. The first-order valence-electron chi connectivity index (χ1n) is 4.45. The SMILES string of the molecule is CCC(=O)OCCOC(=O)CCPP. The summed E-state index contributed by atoms with van der Waals surface area (Å²) in [6.45, 7) is 2.03. The van der Waals surface area contributed by atoms with Gasteiger partial charge in [0.2, 0.25) is 0 Å². The van der Waals surface area contributed by atoms with Crippen molar-refractivity contribution < 1.29 is 19.1 Å². The zero-order valence-electron chi connectivity index (χ0n) is 8.25. The first-order chi connectivity index (χ1) is 6.70. The minimum Gasteiger partial charge on any atom is -0.462 e. The summed E-state index contributed by atoms with van der Waals surface area (Å²) in [5.74, 6) is -0.500. The number of rotatable bonds is 7. The lowest BCUT2D eigenvalue weighted by molar-refractivity contribution is -0.151. The van der Waals surface area contributed by atoms with Crippen LogP contribution in [0.5, 0.6) is 0 Å². The number of esters is 2. The largest absolute Gasteiger partial charge is 0.462 e. The van der Waals surface area contributed by atoms with E-state index in [1.165, 1.54) is 0 Å². The zero-order chi connectivity index (χ0) is 10.8. The lowest BCUT2D eigenvalue weighted by atomic mass is 10.5. The lowest BCUT2D eigenvalue weighted by Crippen LogP contribution is -2.13. The van der Waals surface area contributed by atoms with Crippen LogP contribution in [0.2, 0.25) is 0 Å². The molecular formula is C8H16O4P2. The molecular weight excluding hydrogens is 222 g/mol. The highest BCUT2D eigenvalue weighted by Gasteiger charge is 2.02. The van der Waals surface area contributed by atoms with E-state index in [1.807, 2.05) is 0 Å². The van der Waals surface area contributed by atoms with E-state index in [4.69, 9.17) is 9.47 Å². The topological polar surface area (TPSA) is 52.6 Å². The van der Waals surface area contributed by atoms with E-state index < -0.39 is 0 Å². The van der Waals surface area contributed by atoms with Crippen LogP contribution >= 0.6 is 17.2 Å². The van der Waals surface area contributed by atoms with E-state index in [0.29, 0.717) is 21.1 Å². The van der Waals surface area contributed by atoms with E-state index in [9.17, 15) is 9.59 Å². The summed E-state index contributed by atoms with van der Waals surface area (Å²) in [4.78, 5) is 21.6. The van der Waals surface area contributed by atoms with Gasteiger partial charge in [-0.3, -0.25) is 9.59 Å². The molecule has 0 N–H and O–H groups in total. The minimum atomic E-state index is -0.271. The van der Waals surface area contributed by atoms with Crippen LogP contribution in [0.1, 0.15) is 19.8 Å². The summed E-state index contributed by atoms with van der Waals surface area (Å²) in [7, 11) is 3.25. The lowest BCUT2D eigenvalue weighted by Gasteiger charge is -2.04. The second kappa shape index (κ2) is 9.36. The Labute approximate surface area is 88.0 Å². The fourth-order valence-electron chi connectivity index (χ4n) is 0.659. The highest BCUT2D eigenvalue weighted by atomic mass is 32.0. The Morgan fingerprint density at radius 3 is 2.29 bits per heavy atom. The Morgan fingerprint density at radius 1 is 1.21 bits per heavy atom. The molecule has 6 heteroatoms. The highest BCUT2D eigenvalue weighted by Crippen LogP contribution is 2.20. The number of hydrogen-bond acceptors (Lipinski definition) is 4. The Hall–Kier alpha value is -0.200. The molecule has 0 aliphatic carbocycles. The van der Waals surface area contributed by atoms with Crippen molar-refractivity contribution in [2.45, 2.75) is 19.8 Å². The average molecular weight is 238 g/mol. The second-order valence-electron chi connectivity index (χ2n) is 2.50. The molecule has 0 saturated carbocycles. The van der Waals surface area contributed by atoms with Crippen molar-refractivity contribution in [1.82, 2.24) is 0 Å². The van der Waals surface area contributed by atoms with Crippen molar-refractivity contribution in [1.29, 1.82) is 0 Å². The van der Waals surface area contributed by atoms with Crippen molar-refractivity contribution in [3.8, 4) is 0 Å². The van der Waals surface area contributed by atoms with E-state index in [-0.39, 0.29) is 25.2 Å². The third kappa shape index (κ3) is 8.40. The Bertz CT molecular complexity index is 184. The molecule has 0 heterocycles. The maximum Gasteiger partial charge on any atom is 0.306 e. The van der Waals surface area contributed by atoms with Crippen LogP contribution in [-0.2, 0) is 19.1 Å². The molecule has 0 saturated heterocycles. The van der Waals surface area contributed by atoms with Crippen molar-refractivity contribution >= 4 is 29.1 Å². The molecule has 0 aromatic carbocycles. The Morgan fingerprint density at radius 2 is 1.79 bits per heavy atom. The Balaban J connectivity index is 3.27. The quantitative estimate of drug-likeness (QED) is 0.381. The number of carbonyl (C=O) groups is 2. The van der Waals surface area contributed by atoms with Gasteiger partial charge in [-0.25, -0.2) is 0 Å². The summed E-state index contributed by atoms with van der Waals surface area (Å²) in [6.07, 6.45) is 1.62. The van der Waals surface area contributed by atoms with E-state index in [2.05, 4.69) is 8.93 Å².